The Hall–Kier alpha value is -1.76. The lowest BCUT2D eigenvalue weighted by Crippen LogP contribution is -1.88. The normalized spacial score (nSPS) is 9.71. The topological polar surface area (TPSA) is 45.9 Å². The zero-order valence-corrected chi connectivity index (χ0v) is 10.0. The number of ether oxygens (including phenoxy) is 1. The van der Waals surface area contributed by atoms with Gasteiger partial charge in [-0.1, -0.05) is 29.3 Å². The van der Waals surface area contributed by atoms with E-state index in [1.165, 1.54) is 6.20 Å². The van der Waals surface area contributed by atoms with Crippen LogP contribution in [0.15, 0.2) is 36.5 Å². The van der Waals surface area contributed by atoms with Gasteiger partial charge in [-0.2, -0.15) is 5.26 Å². The Kier molecular flexibility index (Phi) is 3.48. The van der Waals surface area contributed by atoms with E-state index < -0.39 is 0 Å². The first-order chi connectivity index (χ1) is 8.20. The van der Waals surface area contributed by atoms with Crippen LogP contribution in [-0.2, 0) is 0 Å². The summed E-state index contributed by atoms with van der Waals surface area (Å²) in [5.74, 6) is 0.943. The molecule has 0 aliphatic heterocycles. The Morgan fingerprint density at radius 1 is 1.18 bits per heavy atom. The van der Waals surface area contributed by atoms with E-state index in [9.17, 15) is 0 Å². The summed E-state index contributed by atoms with van der Waals surface area (Å²) in [7, 11) is 0. The summed E-state index contributed by atoms with van der Waals surface area (Å²) in [5, 5.41) is 9.37. The van der Waals surface area contributed by atoms with Crippen molar-refractivity contribution >= 4 is 23.2 Å². The van der Waals surface area contributed by atoms with Crippen molar-refractivity contribution in [3.05, 3.63) is 52.3 Å². The SMILES string of the molecule is N#Cc1ccc(Oc2cccc(Cl)c2Cl)cn1. The lowest BCUT2D eigenvalue weighted by Gasteiger charge is -2.07. The van der Waals surface area contributed by atoms with Crippen molar-refractivity contribution in [1.29, 1.82) is 5.26 Å². The summed E-state index contributed by atoms with van der Waals surface area (Å²) in [4.78, 5) is 3.88. The van der Waals surface area contributed by atoms with Gasteiger partial charge in [0, 0.05) is 0 Å². The zero-order chi connectivity index (χ0) is 12.3. The van der Waals surface area contributed by atoms with Gasteiger partial charge in [-0.3, -0.25) is 0 Å². The summed E-state index contributed by atoms with van der Waals surface area (Å²) in [6, 6.07) is 10.2. The lowest BCUT2D eigenvalue weighted by atomic mass is 10.3. The molecule has 0 spiro atoms. The second-order valence-corrected chi connectivity index (χ2v) is 3.93. The first-order valence-electron chi connectivity index (χ1n) is 4.69. The van der Waals surface area contributed by atoms with E-state index in [0.29, 0.717) is 27.2 Å². The summed E-state index contributed by atoms with van der Waals surface area (Å²) in [6.45, 7) is 0. The molecule has 0 aliphatic rings. The van der Waals surface area contributed by atoms with Crippen LogP contribution in [0, 0.1) is 11.3 Å². The second-order valence-electron chi connectivity index (χ2n) is 3.14. The van der Waals surface area contributed by atoms with Gasteiger partial charge in [-0.05, 0) is 24.3 Å². The molecule has 0 bridgehead atoms. The third-order valence-corrected chi connectivity index (χ3v) is 2.80. The highest BCUT2D eigenvalue weighted by Crippen LogP contribution is 2.34. The van der Waals surface area contributed by atoms with Gasteiger partial charge in [0.25, 0.3) is 0 Å². The maximum atomic E-state index is 8.61. The average molecular weight is 265 g/mol. The molecule has 1 aromatic carbocycles. The quantitative estimate of drug-likeness (QED) is 0.822. The van der Waals surface area contributed by atoms with Gasteiger partial charge in [0.1, 0.15) is 28.3 Å². The summed E-state index contributed by atoms with van der Waals surface area (Å²) < 4.78 is 5.50. The standard InChI is InChI=1S/C12H6Cl2N2O/c13-10-2-1-3-11(12(10)14)17-9-5-4-8(6-15)16-7-9/h1-5,7H. The first-order valence-corrected chi connectivity index (χ1v) is 5.44. The highest BCUT2D eigenvalue weighted by molar-refractivity contribution is 6.42. The summed E-state index contributed by atoms with van der Waals surface area (Å²) in [6.07, 6.45) is 1.45. The van der Waals surface area contributed by atoms with Crippen molar-refractivity contribution < 1.29 is 4.74 Å². The van der Waals surface area contributed by atoms with Crippen LogP contribution >= 0.6 is 23.2 Å². The predicted molar refractivity (Wildman–Crippen MR) is 65.5 cm³/mol. The molecule has 0 unspecified atom stereocenters. The minimum Gasteiger partial charge on any atom is -0.454 e. The molecule has 0 amide bonds. The number of hydrogen-bond donors (Lipinski definition) is 0. The van der Waals surface area contributed by atoms with Crippen LogP contribution in [-0.4, -0.2) is 4.98 Å². The van der Waals surface area contributed by atoms with E-state index in [-0.39, 0.29) is 0 Å². The Morgan fingerprint density at radius 2 is 2.00 bits per heavy atom. The molecule has 1 heterocycles. The van der Waals surface area contributed by atoms with Crippen molar-refractivity contribution in [2.24, 2.45) is 0 Å². The number of pyridine rings is 1. The van der Waals surface area contributed by atoms with Crippen molar-refractivity contribution in [1.82, 2.24) is 4.98 Å². The number of nitrogens with zero attached hydrogens (tertiary/aromatic N) is 2. The van der Waals surface area contributed by atoms with E-state index in [1.54, 1.807) is 30.3 Å². The third-order valence-electron chi connectivity index (χ3n) is 1.99. The number of aromatic nitrogens is 1. The van der Waals surface area contributed by atoms with Gasteiger partial charge >= 0.3 is 0 Å². The highest BCUT2D eigenvalue weighted by atomic mass is 35.5. The van der Waals surface area contributed by atoms with E-state index in [1.807, 2.05) is 6.07 Å². The molecule has 2 aromatic rings. The number of nitriles is 1. The highest BCUT2D eigenvalue weighted by Gasteiger charge is 2.06. The van der Waals surface area contributed by atoms with Gasteiger partial charge in [-0.15, -0.1) is 0 Å². The summed E-state index contributed by atoms with van der Waals surface area (Å²) in [5.41, 5.74) is 0.328. The molecule has 1 aromatic heterocycles. The van der Waals surface area contributed by atoms with Gasteiger partial charge in [0.05, 0.1) is 11.2 Å². The minimum absolute atomic E-state index is 0.328. The number of rotatable bonds is 2. The molecule has 0 aliphatic carbocycles. The van der Waals surface area contributed by atoms with Crippen LogP contribution < -0.4 is 4.74 Å². The molecule has 0 N–H and O–H groups in total. The third kappa shape index (κ3) is 2.68. The molecule has 0 atom stereocenters. The van der Waals surface area contributed by atoms with Crippen molar-refractivity contribution in [2.45, 2.75) is 0 Å². The average Bonchev–Trinajstić information content (AvgIpc) is 2.36. The van der Waals surface area contributed by atoms with Crippen LogP contribution in [0.25, 0.3) is 0 Å². The van der Waals surface area contributed by atoms with E-state index in [2.05, 4.69) is 4.98 Å². The molecule has 0 saturated heterocycles. The fourth-order valence-corrected chi connectivity index (χ4v) is 1.53. The van der Waals surface area contributed by atoms with Crippen LogP contribution in [0.4, 0.5) is 0 Å². The van der Waals surface area contributed by atoms with Gasteiger partial charge in [0.2, 0.25) is 0 Å². The predicted octanol–water partition coefficient (Wildman–Crippen LogP) is 4.05. The van der Waals surface area contributed by atoms with Crippen molar-refractivity contribution in [3.8, 4) is 17.6 Å². The van der Waals surface area contributed by atoms with Crippen LogP contribution in [0.2, 0.25) is 10.0 Å². The molecular formula is C12H6Cl2N2O. The van der Waals surface area contributed by atoms with Gasteiger partial charge in [-0.25, -0.2) is 4.98 Å². The number of benzene rings is 1. The fraction of sp³-hybridized carbons (Fsp3) is 0. The van der Waals surface area contributed by atoms with Gasteiger partial charge < -0.3 is 4.74 Å². The van der Waals surface area contributed by atoms with Crippen LogP contribution in [0.3, 0.4) is 0 Å². The second kappa shape index (κ2) is 5.05. The first kappa shape index (κ1) is 11.7. The largest absolute Gasteiger partial charge is 0.454 e. The molecule has 17 heavy (non-hydrogen) atoms. The number of hydrogen-bond acceptors (Lipinski definition) is 3. The van der Waals surface area contributed by atoms with Crippen molar-refractivity contribution in [3.63, 3.8) is 0 Å². The maximum absolute atomic E-state index is 8.61. The number of halogens is 2. The van der Waals surface area contributed by atoms with Crippen molar-refractivity contribution in [2.75, 3.05) is 0 Å². The van der Waals surface area contributed by atoms with Gasteiger partial charge in [0.15, 0.2) is 0 Å². The molecule has 2 rings (SSSR count). The Morgan fingerprint density at radius 3 is 2.65 bits per heavy atom. The maximum Gasteiger partial charge on any atom is 0.147 e. The molecular weight excluding hydrogens is 259 g/mol. The van der Waals surface area contributed by atoms with E-state index in [4.69, 9.17) is 33.2 Å². The molecule has 3 nitrogen and oxygen atoms in total. The monoisotopic (exact) mass is 264 g/mol. The Labute approximate surface area is 108 Å². The Balaban J connectivity index is 2.26. The minimum atomic E-state index is 0.328. The van der Waals surface area contributed by atoms with Crippen LogP contribution in [0.5, 0.6) is 11.5 Å². The molecule has 0 fully saturated rings. The molecule has 5 heteroatoms. The zero-order valence-electron chi connectivity index (χ0n) is 8.52. The fourth-order valence-electron chi connectivity index (χ4n) is 1.20. The summed E-state index contributed by atoms with van der Waals surface area (Å²) >= 11 is 11.8. The molecule has 84 valence electrons. The lowest BCUT2D eigenvalue weighted by molar-refractivity contribution is 0.480. The van der Waals surface area contributed by atoms with Crippen LogP contribution in [0.1, 0.15) is 5.69 Å². The van der Waals surface area contributed by atoms with E-state index >= 15 is 0 Å². The van der Waals surface area contributed by atoms with E-state index in [0.717, 1.165) is 0 Å². The molecule has 0 saturated carbocycles. The molecule has 0 radical (unpaired) electrons. The Bertz CT molecular complexity index is 576. The smallest absolute Gasteiger partial charge is 0.147 e.